The maximum absolute atomic E-state index is 14.1. The zero-order valence-corrected chi connectivity index (χ0v) is 38.5. The number of esters is 2. The summed E-state index contributed by atoms with van der Waals surface area (Å²) in [4.78, 5) is 28.1. The third kappa shape index (κ3) is 6.93. The van der Waals surface area contributed by atoms with E-state index in [-0.39, 0.29) is 67.9 Å². The SMILES string of the molecule is COc1cc([C@@H]2c3cc4c(cc3[C@@H](Oc3c(OC)cc([C@@H]5c6cc7c(cc6[C@@H](OC6OC8CO[C@@H](C)OC8C(O)C6O)[C@H]6COC(=O)[C@H]56)OCO7)cc3OC)[C@H]3COC(=O)[C@H]23)OCO4)cc(OC)c1O. The largest absolute Gasteiger partial charge is 0.502 e. The van der Waals surface area contributed by atoms with E-state index in [0.29, 0.717) is 56.4 Å². The molecule has 4 saturated heterocycles. The summed E-state index contributed by atoms with van der Waals surface area (Å²) < 4.78 is 89.8. The van der Waals surface area contributed by atoms with E-state index in [9.17, 15) is 24.9 Å². The van der Waals surface area contributed by atoms with Crippen LogP contribution < -0.4 is 42.6 Å². The van der Waals surface area contributed by atoms with Crippen LogP contribution in [-0.2, 0) is 38.0 Å². The molecule has 4 aromatic rings. The number of hydrogen-bond acceptors (Lipinski definition) is 20. The molecule has 3 N–H and O–H groups in total. The van der Waals surface area contributed by atoms with Gasteiger partial charge in [-0.3, -0.25) is 9.59 Å². The number of carbonyl (C=O) groups excluding carboxylic acids is 2. The summed E-state index contributed by atoms with van der Waals surface area (Å²) in [6.45, 7) is 1.75. The summed E-state index contributed by atoms with van der Waals surface area (Å²) >= 11 is 0. The molecule has 6 heterocycles. The summed E-state index contributed by atoms with van der Waals surface area (Å²) in [7, 11) is 5.85. The zero-order chi connectivity index (χ0) is 48.3. The normalized spacial score (nSPS) is 32.9. The number of fused-ring (bicyclic) bond motifs is 7. The molecule has 0 aromatic heterocycles. The van der Waals surface area contributed by atoms with E-state index in [4.69, 9.17) is 71.1 Å². The van der Waals surface area contributed by atoms with Crippen molar-refractivity contribution in [3.63, 3.8) is 0 Å². The number of hydrogen-bond donors (Lipinski definition) is 3. The van der Waals surface area contributed by atoms with E-state index < -0.39 is 96.6 Å². The lowest BCUT2D eigenvalue weighted by Gasteiger charge is -2.47. The fourth-order valence-electron chi connectivity index (χ4n) is 11.7. The van der Waals surface area contributed by atoms with Crippen LogP contribution in [0.1, 0.15) is 64.3 Å². The van der Waals surface area contributed by atoms with Gasteiger partial charge in [-0.2, -0.15) is 0 Å². The van der Waals surface area contributed by atoms with Gasteiger partial charge >= 0.3 is 11.9 Å². The first-order valence-electron chi connectivity index (χ1n) is 23.0. The standard InChI is InChI=1S/C50H50O20/c1-19-60-16-36-47(67-19)42(52)43(53)50(68-36)70-45-25-13-31-29(64-18-66-31)11-23(25)38(40-27(45)15-62-49(40)55)21-8-34(58-4)46(35(9-21)59-5)69-44-24-12-30-28(63-17-65-30)10-22(24)37(39-26(44)14-61-48(39)54)20-6-32(56-2)41(51)33(7-20)57-3/h6-13,19,26-27,36-40,42-45,47,50-53H,14-18H2,1-5H3/t19-,26+,27+,36?,37-,38-,39+,40+,42?,43?,44-,45-,47?,50?/m1/s1. The average molecular weight is 971 g/mol. The van der Waals surface area contributed by atoms with Gasteiger partial charge in [0.1, 0.15) is 30.5 Å². The number of aromatic hydroxyl groups is 1. The first-order valence-corrected chi connectivity index (χ1v) is 23.0. The monoisotopic (exact) mass is 970 g/mol. The minimum Gasteiger partial charge on any atom is -0.502 e. The summed E-state index contributed by atoms with van der Waals surface area (Å²) in [6.07, 6.45) is -8.12. The number of cyclic esters (lactones) is 2. The molecule has 370 valence electrons. The topological polar surface area (TPSA) is 233 Å². The van der Waals surface area contributed by atoms with Crippen molar-refractivity contribution < 1.29 is 96.0 Å². The van der Waals surface area contributed by atoms with Gasteiger partial charge in [-0.1, -0.05) is 0 Å². The van der Waals surface area contributed by atoms with E-state index in [2.05, 4.69) is 0 Å². The maximum atomic E-state index is 14.1. The van der Waals surface area contributed by atoms with Crippen LogP contribution >= 0.6 is 0 Å². The van der Waals surface area contributed by atoms with Gasteiger partial charge < -0.3 is 86.4 Å². The van der Waals surface area contributed by atoms with Crippen LogP contribution in [0.4, 0.5) is 0 Å². The number of phenolic OH excluding ortho intramolecular Hbond substituents is 1. The number of benzene rings is 4. The van der Waals surface area contributed by atoms with Crippen LogP contribution in [0, 0.1) is 23.7 Å². The molecule has 2 aliphatic carbocycles. The Morgan fingerprint density at radius 3 is 1.54 bits per heavy atom. The minimum absolute atomic E-state index is 0.00757. The van der Waals surface area contributed by atoms with E-state index in [0.717, 1.165) is 0 Å². The number of aliphatic hydroxyl groups is 2. The van der Waals surface area contributed by atoms with Crippen molar-refractivity contribution in [3.05, 3.63) is 81.9 Å². The molecule has 12 rings (SSSR count). The summed E-state index contributed by atoms with van der Waals surface area (Å²) in [5.41, 5.74) is 3.87. The van der Waals surface area contributed by atoms with Gasteiger partial charge in [0, 0.05) is 29.2 Å². The predicted octanol–water partition coefficient (Wildman–Crippen LogP) is 4.14. The van der Waals surface area contributed by atoms with Crippen molar-refractivity contribution in [2.24, 2.45) is 23.7 Å². The Morgan fingerprint density at radius 1 is 0.557 bits per heavy atom. The Labute approximate surface area is 399 Å². The third-order valence-electron chi connectivity index (χ3n) is 15.0. The molecule has 5 unspecified atom stereocenters. The van der Waals surface area contributed by atoms with Crippen molar-refractivity contribution >= 4 is 11.9 Å². The number of rotatable bonds is 10. The van der Waals surface area contributed by atoms with Gasteiger partial charge in [-0.15, -0.1) is 0 Å². The highest BCUT2D eigenvalue weighted by Crippen LogP contribution is 2.60. The predicted molar refractivity (Wildman–Crippen MR) is 234 cm³/mol. The van der Waals surface area contributed by atoms with Crippen molar-refractivity contribution in [1.82, 2.24) is 0 Å². The van der Waals surface area contributed by atoms with Crippen LogP contribution in [0.2, 0.25) is 0 Å². The lowest BCUT2D eigenvalue weighted by Crippen LogP contribution is -2.63. The lowest BCUT2D eigenvalue weighted by atomic mass is 9.66. The minimum atomic E-state index is -1.51. The second kappa shape index (κ2) is 17.2. The number of phenols is 1. The Bertz CT molecular complexity index is 2710. The fourth-order valence-corrected chi connectivity index (χ4v) is 11.7. The van der Waals surface area contributed by atoms with Crippen LogP contribution in [-0.4, -0.2) is 126 Å². The molecule has 0 spiro atoms. The van der Waals surface area contributed by atoms with Gasteiger partial charge in [-0.25, -0.2) is 0 Å². The summed E-state index contributed by atoms with van der Waals surface area (Å²) in [5.74, 6) is -2.32. The smallest absolute Gasteiger partial charge is 0.310 e. The Morgan fingerprint density at radius 2 is 1.03 bits per heavy atom. The van der Waals surface area contributed by atoms with Crippen molar-refractivity contribution in [2.45, 2.75) is 68.0 Å². The fraction of sp³-hybridized carbons (Fsp3) is 0.480. The van der Waals surface area contributed by atoms with Crippen molar-refractivity contribution in [2.75, 3.05) is 61.8 Å². The molecule has 0 saturated carbocycles. The number of carbonyl (C=O) groups is 2. The Balaban J connectivity index is 0.943. The average Bonchev–Trinajstić information content (AvgIpc) is 4.20. The van der Waals surface area contributed by atoms with Gasteiger partial charge in [-0.05, 0) is 83.3 Å². The third-order valence-corrected chi connectivity index (χ3v) is 15.0. The van der Waals surface area contributed by atoms with Crippen LogP contribution in [0.15, 0.2) is 48.5 Å². The molecule has 14 atom stereocenters. The van der Waals surface area contributed by atoms with Gasteiger partial charge in [0.2, 0.25) is 25.1 Å². The molecule has 0 bridgehead atoms. The molecule has 4 aromatic carbocycles. The maximum Gasteiger partial charge on any atom is 0.310 e. The molecular formula is C50H50O20. The van der Waals surface area contributed by atoms with Gasteiger partial charge in [0.25, 0.3) is 0 Å². The zero-order valence-electron chi connectivity index (χ0n) is 38.5. The van der Waals surface area contributed by atoms with Crippen molar-refractivity contribution in [1.29, 1.82) is 0 Å². The quantitative estimate of drug-likeness (QED) is 0.190. The highest BCUT2D eigenvalue weighted by atomic mass is 16.8. The molecular weight excluding hydrogens is 921 g/mol. The van der Waals surface area contributed by atoms with Crippen LogP contribution in [0.5, 0.6) is 57.5 Å². The number of aliphatic hydroxyl groups excluding tert-OH is 2. The van der Waals surface area contributed by atoms with E-state index in [1.54, 1.807) is 37.3 Å². The van der Waals surface area contributed by atoms with Crippen LogP contribution in [0.3, 0.4) is 0 Å². The molecule has 4 fully saturated rings. The second-order valence-electron chi connectivity index (χ2n) is 18.4. The second-order valence-corrected chi connectivity index (χ2v) is 18.4. The van der Waals surface area contributed by atoms with Gasteiger partial charge in [0.15, 0.2) is 58.6 Å². The number of methoxy groups -OCH3 is 4. The molecule has 6 aliphatic heterocycles. The highest BCUT2D eigenvalue weighted by molar-refractivity contribution is 5.80. The lowest BCUT2D eigenvalue weighted by molar-refractivity contribution is -0.364. The summed E-state index contributed by atoms with van der Waals surface area (Å²) in [5, 5.41) is 33.5. The molecule has 0 radical (unpaired) electrons. The molecule has 20 heteroatoms. The Kier molecular flexibility index (Phi) is 11.0. The van der Waals surface area contributed by atoms with Gasteiger partial charge in [0.05, 0.1) is 66.2 Å². The molecule has 8 aliphatic rings. The van der Waals surface area contributed by atoms with E-state index in [1.807, 2.05) is 18.2 Å². The van der Waals surface area contributed by atoms with E-state index in [1.165, 1.54) is 28.4 Å². The number of ether oxygens (including phenoxy) is 15. The first-order chi connectivity index (χ1) is 34.0. The molecule has 0 amide bonds. The first kappa shape index (κ1) is 44.8. The highest BCUT2D eigenvalue weighted by Gasteiger charge is 2.57. The Hall–Kier alpha value is -6.42. The van der Waals surface area contributed by atoms with Crippen LogP contribution in [0.25, 0.3) is 0 Å². The van der Waals surface area contributed by atoms with Crippen molar-refractivity contribution in [3.8, 4) is 57.5 Å². The molecule has 20 nitrogen and oxygen atoms in total. The summed E-state index contributed by atoms with van der Waals surface area (Å²) in [6, 6.07) is 14.2. The molecule has 70 heavy (non-hydrogen) atoms. The van der Waals surface area contributed by atoms with E-state index >= 15 is 0 Å².